The Morgan fingerprint density at radius 3 is 1.90 bits per heavy atom. The van der Waals surface area contributed by atoms with Gasteiger partial charge in [-0.2, -0.15) is 0 Å². The number of methoxy groups -OCH3 is 1. The van der Waals surface area contributed by atoms with Crippen LogP contribution in [0.5, 0.6) is 0 Å². The largest absolute Gasteiger partial charge is 2.00 e. The van der Waals surface area contributed by atoms with Gasteiger partial charge in [0.25, 0.3) is 0 Å². The van der Waals surface area contributed by atoms with Gasteiger partial charge in [0.15, 0.2) is 0 Å². The molecule has 2 radical (unpaired) electrons. The summed E-state index contributed by atoms with van der Waals surface area (Å²) in [5.41, 5.74) is 0. The van der Waals surface area contributed by atoms with Gasteiger partial charge >= 0.3 is 27.3 Å². The number of carboxylic acids is 1. The van der Waals surface area contributed by atoms with Gasteiger partial charge < -0.3 is 19.7 Å². The monoisotopic (exact) mass is 342 g/mol. The van der Waals surface area contributed by atoms with Crippen molar-refractivity contribution in [1.29, 1.82) is 0 Å². The van der Waals surface area contributed by atoms with Gasteiger partial charge in [-0.05, 0) is 6.92 Å². The van der Waals surface area contributed by atoms with Gasteiger partial charge in [-0.3, -0.25) is 0 Å². The van der Waals surface area contributed by atoms with Crippen LogP contribution >= 0.6 is 0 Å². The smallest absolute Gasteiger partial charge is 0.853 e. The molecule has 0 aliphatic heterocycles. The second-order valence-electron chi connectivity index (χ2n) is 1.19. The van der Waals surface area contributed by atoms with Crippen molar-refractivity contribution in [1.82, 2.24) is 0 Å². The van der Waals surface area contributed by atoms with E-state index < -0.39 is 5.97 Å². The van der Waals surface area contributed by atoms with Gasteiger partial charge in [-0.1, -0.05) is 0 Å². The third-order valence-electron chi connectivity index (χ3n) is 0.287. The Labute approximate surface area is 80.4 Å². The number of carbonyl (C=O) groups excluding carboxylic acids is 1. The van der Waals surface area contributed by atoms with Crippen LogP contribution in [0.2, 0.25) is 0 Å². The Morgan fingerprint density at radius 2 is 1.90 bits per heavy atom. The summed E-state index contributed by atoms with van der Waals surface area (Å²) >= 11 is 0. The summed E-state index contributed by atoms with van der Waals surface area (Å²) in [6, 6.07) is 0. The van der Waals surface area contributed by atoms with E-state index in [0.717, 1.165) is 6.92 Å². The molecule has 10 heavy (non-hydrogen) atoms. The molecule has 0 N–H and O–H groups in total. The van der Waals surface area contributed by atoms with Gasteiger partial charge in [-0.25, -0.2) is 0 Å². The van der Waals surface area contributed by atoms with Crippen molar-refractivity contribution in [2.75, 3.05) is 20.3 Å². The van der Waals surface area contributed by atoms with E-state index in [1.165, 1.54) is 7.11 Å². The maximum atomic E-state index is 9.40. The standard InChI is InChI=1S/C3H7O2.C2H4O2.Pb/c1-5-3-2-4;1-2(3)4;/h2-3H2,1H3;1H3,(H,3,4);/q-1;;+2/p-1. The van der Waals surface area contributed by atoms with E-state index in [2.05, 4.69) is 4.74 Å². The maximum absolute atomic E-state index is 9.40. The average molecular weight is 341 g/mol. The van der Waals surface area contributed by atoms with E-state index in [4.69, 9.17) is 9.90 Å². The Morgan fingerprint density at radius 1 is 1.60 bits per heavy atom. The molecular weight excluding hydrogens is 331 g/mol. The van der Waals surface area contributed by atoms with E-state index in [1.807, 2.05) is 0 Å². The number of rotatable bonds is 2. The Balaban J connectivity index is -0.0000000910. The van der Waals surface area contributed by atoms with E-state index >= 15 is 0 Å². The van der Waals surface area contributed by atoms with Gasteiger partial charge in [0.2, 0.25) is 0 Å². The molecule has 0 fully saturated rings. The van der Waals surface area contributed by atoms with Crippen LogP contribution in [0.4, 0.5) is 0 Å². The van der Waals surface area contributed by atoms with E-state index in [9.17, 15) is 5.11 Å². The maximum Gasteiger partial charge on any atom is 2.00 e. The molecule has 0 amide bonds. The third-order valence-corrected chi connectivity index (χ3v) is 0.287. The molecule has 0 aliphatic carbocycles. The predicted octanol–water partition coefficient (Wildman–Crippen LogP) is -2.63. The SMILES string of the molecule is CC(=O)[O-].COCC[O-].[Pb+2]. The Bertz CT molecular complexity index is 60.7. The Hall–Kier alpha value is 0.312. The first-order valence-corrected chi connectivity index (χ1v) is 2.39. The molecule has 0 aromatic rings. The number of carbonyl (C=O) groups is 1. The summed E-state index contributed by atoms with van der Waals surface area (Å²) in [5.74, 6) is -1.08. The van der Waals surface area contributed by atoms with Gasteiger partial charge in [0.1, 0.15) is 0 Å². The van der Waals surface area contributed by atoms with E-state index in [1.54, 1.807) is 0 Å². The summed E-state index contributed by atoms with van der Waals surface area (Å²) in [6.45, 7) is 1.18. The molecule has 0 aromatic carbocycles. The van der Waals surface area contributed by atoms with Crippen molar-refractivity contribution in [2.24, 2.45) is 0 Å². The van der Waals surface area contributed by atoms with Crippen LogP contribution in [-0.2, 0) is 9.53 Å². The van der Waals surface area contributed by atoms with Gasteiger partial charge in [0.05, 0.1) is 0 Å². The fourth-order valence-corrected chi connectivity index (χ4v) is 0.0833. The number of carboxylic acid groups (broad SMARTS) is 1. The molecule has 0 spiro atoms. The number of hydrogen-bond donors (Lipinski definition) is 0. The van der Waals surface area contributed by atoms with E-state index in [0.29, 0.717) is 6.61 Å². The van der Waals surface area contributed by atoms with E-state index in [-0.39, 0.29) is 33.9 Å². The molecule has 0 atom stereocenters. The zero-order chi connectivity index (χ0) is 7.70. The fraction of sp³-hybridized carbons (Fsp3) is 0.800. The van der Waals surface area contributed by atoms with Crippen molar-refractivity contribution in [3.63, 3.8) is 0 Å². The second kappa shape index (κ2) is 16.1. The van der Waals surface area contributed by atoms with Crippen LogP contribution in [0.1, 0.15) is 6.92 Å². The van der Waals surface area contributed by atoms with Gasteiger partial charge in [-0.15, -0.1) is 6.61 Å². The topological polar surface area (TPSA) is 72.4 Å². The van der Waals surface area contributed by atoms with Crippen LogP contribution in [0.3, 0.4) is 0 Å². The van der Waals surface area contributed by atoms with Crippen LogP contribution in [0.25, 0.3) is 0 Å². The summed E-state index contributed by atoms with van der Waals surface area (Å²) in [6.07, 6.45) is 0. The van der Waals surface area contributed by atoms with Crippen molar-refractivity contribution >= 4 is 33.3 Å². The molecule has 0 saturated heterocycles. The van der Waals surface area contributed by atoms with Crippen molar-refractivity contribution in [3.05, 3.63) is 0 Å². The van der Waals surface area contributed by atoms with Crippen LogP contribution in [0, 0.1) is 0 Å². The normalized spacial score (nSPS) is 6.70. The van der Waals surface area contributed by atoms with Crippen LogP contribution < -0.4 is 10.2 Å². The molecule has 0 rings (SSSR count). The fourth-order valence-electron chi connectivity index (χ4n) is 0.0833. The predicted molar refractivity (Wildman–Crippen MR) is 33.2 cm³/mol. The second-order valence-corrected chi connectivity index (χ2v) is 1.19. The zero-order valence-corrected chi connectivity index (χ0v) is 9.93. The number of ether oxygens (including phenoxy) is 1. The molecule has 0 bridgehead atoms. The van der Waals surface area contributed by atoms with Crippen molar-refractivity contribution in [3.8, 4) is 0 Å². The van der Waals surface area contributed by atoms with Crippen molar-refractivity contribution in [2.45, 2.75) is 6.92 Å². The molecule has 0 unspecified atom stereocenters. The molecule has 0 heterocycles. The third kappa shape index (κ3) is 83.1. The summed E-state index contributed by atoms with van der Waals surface area (Å²) in [5, 5.41) is 18.3. The minimum Gasteiger partial charge on any atom is -0.853 e. The Kier molecular flexibility index (Phi) is 27.0. The molecule has 5 heteroatoms. The summed E-state index contributed by atoms with van der Waals surface area (Å²) < 4.78 is 4.38. The molecule has 0 saturated carbocycles. The van der Waals surface area contributed by atoms with Crippen LogP contribution in [-0.4, -0.2) is 53.6 Å². The molecule has 0 aromatic heterocycles. The number of aliphatic carboxylic acids is 1. The molecule has 58 valence electrons. The van der Waals surface area contributed by atoms with Gasteiger partial charge in [0, 0.05) is 19.7 Å². The zero-order valence-electron chi connectivity index (χ0n) is 6.05. The molecular formula is C5H10O4Pb. The van der Waals surface area contributed by atoms with Crippen LogP contribution in [0.15, 0.2) is 0 Å². The molecule has 0 aliphatic rings. The average Bonchev–Trinajstić information content (AvgIpc) is 1.66. The quantitative estimate of drug-likeness (QED) is 0.515. The van der Waals surface area contributed by atoms with Crippen molar-refractivity contribution < 1.29 is 19.7 Å². The summed E-state index contributed by atoms with van der Waals surface area (Å²) in [7, 11) is 1.51. The first kappa shape index (κ1) is 16.7. The number of hydrogen-bond acceptors (Lipinski definition) is 4. The minimum absolute atomic E-state index is 0. The molecule has 4 nitrogen and oxygen atoms in total. The summed E-state index contributed by atoms with van der Waals surface area (Å²) in [4.78, 5) is 8.89. The first-order valence-electron chi connectivity index (χ1n) is 2.39. The minimum atomic E-state index is -1.08. The first-order chi connectivity index (χ1) is 4.15.